The maximum absolute atomic E-state index is 11.3. The van der Waals surface area contributed by atoms with E-state index >= 15 is 0 Å². The van der Waals surface area contributed by atoms with Gasteiger partial charge in [-0.1, -0.05) is 0 Å². The number of rotatable bonds is 6. The molecule has 7 heteroatoms. The SMILES string of the molecule is COC(=O)c1ccc(C(C)N(C)CCS(C)(=O)=O)o1. The minimum Gasteiger partial charge on any atom is -0.463 e. The molecule has 0 aliphatic rings. The fourth-order valence-corrected chi connectivity index (χ4v) is 2.13. The van der Waals surface area contributed by atoms with Crippen molar-refractivity contribution in [2.75, 3.05) is 32.7 Å². The van der Waals surface area contributed by atoms with Gasteiger partial charge in [0.1, 0.15) is 15.6 Å². The van der Waals surface area contributed by atoms with Crippen molar-refractivity contribution in [2.24, 2.45) is 0 Å². The second-order valence-corrected chi connectivity index (χ2v) is 6.74. The highest BCUT2D eigenvalue weighted by atomic mass is 32.2. The first kappa shape index (κ1) is 15.7. The van der Waals surface area contributed by atoms with Crippen LogP contribution in [0.25, 0.3) is 0 Å². The van der Waals surface area contributed by atoms with E-state index in [-0.39, 0.29) is 17.6 Å². The van der Waals surface area contributed by atoms with Gasteiger partial charge in [-0.15, -0.1) is 0 Å². The van der Waals surface area contributed by atoms with Crippen LogP contribution in [0.5, 0.6) is 0 Å². The summed E-state index contributed by atoms with van der Waals surface area (Å²) in [5.41, 5.74) is 0. The Morgan fingerprint density at radius 3 is 2.63 bits per heavy atom. The van der Waals surface area contributed by atoms with Crippen molar-refractivity contribution in [2.45, 2.75) is 13.0 Å². The van der Waals surface area contributed by atoms with Gasteiger partial charge in [0.2, 0.25) is 5.76 Å². The second kappa shape index (κ2) is 6.21. The molecule has 19 heavy (non-hydrogen) atoms. The van der Waals surface area contributed by atoms with Crippen molar-refractivity contribution < 1.29 is 22.4 Å². The van der Waals surface area contributed by atoms with Gasteiger partial charge >= 0.3 is 5.97 Å². The molecule has 0 aromatic carbocycles. The molecule has 1 aromatic rings. The second-order valence-electron chi connectivity index (χ2n) is 4.48. The number of esters is 1. The Morgan fingerprint density at radius 2 is 2.11 bits per heavy atom. The van der Waals surface area contributed by atoms with E-state index in [4.69, 9.17) is 4.42 Å². The molecule has 108 valence electrons. The number of hydrogen-bond donors (Lipinski definition) is 0. The topological polar surface area (TPSA) is 76.8 Å². The normalized spacial score (nSPS) is 13.5. The molecule has 0 bridgehead atoms. The summed E-state index contributed by atoms with van der Waals surface area (Å²) in [5.74, 6) is 0.285. The summed E-state index contributed by atoms with van der Waals surface area (Å²) < 4.78 is 32.2. The van der Waals surface area contributed by atoms with Gasteiger partial charge in [-0.3, -0.25) is 4.90 Å². The molecule has 0 aliphatic heterocycles. The minimum atomic E-state index is -2.99. The summed E-state index contributed by atoms with van der Waals surface area (Å²) in [4.78, 5) is 13.1. The van der Waals surface area contributed by atoms with E-state index in [9.17, 15) is 13.2 Å². The molecular weight excluding hydrogens is 270 g/mol. The summed E-state index contributed by atoms with van der Waals surface area (Å²) in [7, 11) is 0.0922. The van der Waals surface area contributed by atoms with Gasteiger partial charge in [-0.25, -0.2) is 13.2 Å². The molecule has 0 amide bonds. The Hall–Kier alpha value is -1.34. The lowest BCUT2D eigenvalue weighted by Gasteiger charge is -2.22. The van der Waals surface area contributed by atoms with Crippen molar-refractivity contribution in [3.05, 3.63) is 23.7 Å². The van der Waals surface area contributed by atoms with Crippen LogP contribution in [-0.4, -0.2) is 52.0 Å². The van der Waals surface area contributed by atoms with Gasteiger partial charge in [0, 0.05) is 12.8 Å². The van der Waals surface area contributed by atoms with Gasteiger partial charge in [0.05, 0.1) is 18.9 Å². The van der Waals surface area contributed by atoms with Crippen LogP contribution in [0.3, 0.4) is 0 Å². The highest BCUT2D eigenvalue weighted by Gasteiger charge is 2.19. The molecular formula is C12H19NO5S. The lowest BCUT2D eigenvalue weighted by Crippen LogP contribution is -2.27. The predicted molar refractivity (Wildman–Crippen MR) is 70.8 cm³/mol. The number of nitrogens with zero attached hydrogens (tertiary/aromatic N) is 1. The number of furan rings is 1. The van der Waals surface area contributed by atoms with Crippen LogP contribution in [-0.2, 0) is 14.6 Å². The molecule has 1 heterocycles. The van der Waals surface area contributed by atoms with Crippen molar-refractivity contribution >= 4 is 15.8 Å². The first-order valence-corrected chi connectivity index (χ1v) is 7.86. The van der Waals surface area contributed by atoms with Crippen molar-refractivity contribution in [1.29, 1.82) is 0 Å². The molecule has 1 rings (SSSR count). The third-order valence-corrected chi connectivity index (χ3v) is 3.83. The Kier molecular flexibility index (Phi) is 5.13. The zero-order valence-corrected chi connectivity index (χ0v) is 12.4. The Balaban J connectivity index is 2.69. The average Bonchev–Trinajstić information content (AvgIpc) is 2.82. The molecule has 0 saturated carbocycles. The Morgan fingerprint density at radius 1 is 1.47 bits per heavy atom. The largest absolute Gasteiger partial charge is 0.463 e. The smallest absolute Gasteiger partial charge is 0.373 e. The van der Waals surface area contributed by atoms with Crippen LogP contribution in [0, 0.1) is 0 Å². The number of ether oxygens (including phenoxy) is 1. The van der Waals surface area contributed by atoms with Gasteiger partial charge in [0.25, 0.3) is 0 Å². The van der Waals surface area contributed by atoms with Crippen LogP contribution in [0.4, 0.5) is 0 Å². The average molecular weight is 289 g/mol. The third kappa shape index (κ3) is 4.68. The standard InChI is InChI=1S/C12H19NO5S/c1-9(13(2)7-8-19(4,15)16)10-5-6-11(18-10)12(14)17-3/h5-6,9H,7-8H2,1-4H3. The van der Waals surface area contributed by atoms with Gasteiger partial charge in [0.15, 0.2) is 0 Å². The highest BCUT2D eigenvalue weighted by molar-refractivity contribution is 7.90. The van der Waals surface area contributed by atoms with E-state index in [1.165, 1.54) is 13.4 Å². The first-order chi connectivity index (χ1) is 8.74. The number of sulfone groups is 1. The maximum atomic E-state index is 11.3. The molecule has 0 spiro atoms. The zero-order valence-electron chi connectivity index (χ0n) is 11.5. The lowest BCUT2D eigenvalue weighted by atomic mass is 10.2. The van der Waals surface area contributed by atoms with E-state index in [0.29, 0.717) is 12.3 Å². The molecule has 1 unspecified atom stereocenters. The number of methoxy groups -OCH3 is 1. The lowest BCUT2D eigenvalue weighted by molar-refractivity contribution is 0.0560. The number of carbonyl (C=O) groups is 1. The maximum Gasteiger partial charge on any atom is 0.373 e. The molecule has 0 radical (unpaired) electrons. The van der Waals surface area contributed by atoms with Crippen LogP contribution in [0.2, 0.25) is 0 Å². The third-order valence-electron chi connectivity index (χ3n) is 2.90. The van der Waals surface area contributed by atoms with E-state index in [2.05, 4.69) is 4.74 Å². The first-order valence-electron chi connectivity index (χ1n) is 5.80. The highest BCUT2D eigenvalue weighted by Crippen LogP contribution is 2.21. The van der Waals surface area contributed by atoms with Crippen LogP contribution in [0.1, 0.15) is 29.3 Å². The summed E-state index contributed by atoms with van der Waals surface area (Å²) in [6.45, 7) is 2.27. The Labute approximate surface area is 113 Å². The molecule has 0 saturated heterocycles. The van der Waals surface area contributed by atoms with Crippen LogP contribution in [0.15, 0.2) is 16.5 Å². The van der Waals surface area contributed by atoms with Gasteiger partial charge < -0.3 is 9.15 Å². The van der Waals surface area contributed by atoms with Crippen molar-refractivity contribution in [1.82, 2.24) is 4.90 Å². The molecule has 6 nitrogen and oxygen atoms in total. The zero-order chi connectivity index (χ0) is 14.6. The molecule has 0 N–H and O–H groups in total. The fraction of sp³-hybridized carbons (Fsp3) is 0.583. The van der Waals surface area contributed by atoms with E-state index in [1.54, 1.807) is 19.2 Å². The molecule has 1 aromatic heterocycles. The van der Waals surface area contributed by atoms with Gasteiger partial charge in [-0.2, -0.15) is 0 Å². The monoisotopic (exact) mass is 289 g/mol. The van der Waals surface area contributed by atoms with Gasteiger partial charge in [-0.05, 0) is 26.1 Å². The molecule has 0 fully saturated rings. The van der Waals surface area contributed by atoms with E-state index in [0.717, 1.165) is 0 Å². The van der Waals surface area contributed by atoms with Crippen molar-refractivity contribution in [3.63, 3.8) is 0 Å². The van der Waals surface area contributed by atoms with Crippen LogP contribution >= 0.6 is 0 Å². The quantitative estimate of drug-likeness (QED) is 0.730. The molecule has 1 atom stereocenters. The molecule has 0 aliphatic carbocycles. The predicted octanol–water partition coefficient (Wildman–Crippen LogP) is 1.10. The fourth-order valence-electron chi connectivity index (χ4n) is 1.51. The number of hydrogen-bond acceptors (Lipinski definition) is 6. The van der Waals surface area contributed by atoms with Crippen molar-refractivity contribution in [3.8, 4) is 0 Å². The van der Waals surface area contributed by atoms with E-state index < -0.39 is 15.8 Å². The Bertz CT molecular complexity index is 534. The van der Waals surface area contributed by atoms with Crippen LogP contribution < -0.4 is 0 Å². The summed E-state index contributed by atoms with van der Waals surface area (Å²) >= 11 is 0. The number of carbonyl (C=O) groups excluding carboxylic acids is 1. The summed E-state index contributed by atoms with van der Waals surface area (Å²) in [6, 6.07) is 3.11. The van der Waals surface area contributed by atoms with E-state index in [1.807, 2.05) is 11.8 Å². The minimum absolute atomic E-state index is 0.0818. The summed E-state index contributed by atoms with van der Waals surface area (Å²) in [5, 5.41) is 0. The summed E-state index contributed by atoms with van der Waals surface area (Å²) in [6.07, 6.45) is 1.20.